The fraction of sp³-hybridized carbons (Fsp3) is 0.455. The zero-order valence-corrected chi connectivity index (χ0v) is 15.1. The lowest BCUT2D eigenvalue weighted by atomic mass is 9.70. The highest BCUT2D eigenvalue weighted by molar-refractivity contribution is 5.31. The van der Waals surface area contributed by atoms with Gasteiger partial charge in [0.25, 0.3) is 0 Å². The Morgan fingerprint density at radius 3 is 2.21 bits per heavy atom. The van der Waals surface area contributed by atoms with Crippen LogP contribution in [0.5, 0.6) is 5.75 Å². The van der Waals surface area contributed by atoms with Gasteiger partial charge < -0.3 is 9.64 Å². The van der Waals surface area contributed by atoms with Gasteiger partial charge in [-0.3, -0.25) is 0 Å². The molecule has 0 aromatic heterocycles. The summed E-state index contributed by atoms with van der Waals surface area (Å²) >= 11 is 0. The van der Waals surface area contributed by atoms with E-state index in [1.165, 1.54) is 36.8 Å². The third-order valence-corrected chi connectivity index (χ3v) is 5.47. The fourth-order valence-corrected chi connectivity index (χ4v) is 4.38. The second kappa shape index (κ2) is 7.85. The molecule has 0 aliphatic heterocycles. The Morgan fingerprint density at radius 1 is 0.917 bits per heavy atom. The second-order valence-corrected chi connectivity index (χ2v) is 7.15. The minimum Gasteiger partial charge on any atom is -0.497 e. The predicted octanol–water partition coefficient (Wildman–Crippen LogP) is 5.27. The first-order valence-corrected chi connectivity index (χ1v) is 9.06. The lowest BCUT2D eigenvalue weighted by Crippen LogP contribution is -2.33. The summed E-state index contributed by atoms with van der Waals surface area (Å²) in [5, 5.41) is 0. The number of hydrogen-bond acceptors (Lipinski definition) is 2. The summed E-state index contributed by atoms with van der Waals surface area (Å²) in [7, 11) is 6.17. The molecule has 2 aromatic carbocycles. The minimum atomic E-state index is 0.471. The van der Waals surface area contributed by atoms with Crippen LogP contribution in [0.3, 0.4) is 0 Å². The van der Waals surface area contributed by atoms with Crippen molar-refractivity contribution in [3.8, 4) is 5.75 Å². The maximum Gasteiger partial charge on any atom is 0.118 e. The summed E-state index contributed by atoms with van der Waals surface area (Å²) in [6.45, 7) is 0. The molecule has 24 heavy (non-hydrogen) atoms. The van der Waals surface area contributed by atoms with E-state index >= 15 is 0 Å². The molecule has 0 radical (unpaired) electrons. The van der Waals surface area contributed by atoms with E-state index in [2.05, 4.69) is 73.6 Å². The quantitative estimate of drug-likeness (QED) is 0.743. The number of rotatable bonds is 5. The molecule has 128 valence electrons. The Bertz CT molecular complexity index is 620. The van der Waals surface area contributed by atoms with Gasteiger partial charge in [0.1, 0.15) is 5.75 Å². The molecule has 2 aromatic rings. The first kappa shape index (κ1) is 17.0. The molecule has 1 aliphatic rings. The van der Waals surface area contributed by atoms with Crippen LogP contribution in [0.4, 0.5) is 0 Å². The van der Waals surface area contributed by atoms with Gasteiger partial charge >= 0.3 is 0 Å². The Labute approximate surface area is 146 Å². The number of methoxy groups -OCH3 is 1. The van der Waals surface area contributed by atoms with Crippen LogP contribution in [0, 0.1) is 5.92 Å². The molecule has 1 fully saturated rings. The van der Waals surface area contributed by atoms with Crippen LogP contribution in [0.15, 0.2) is 54.6 Å². The van der Waals surface area contributed by atoms with Gasteiger partial charge in [-0.05, 0) is 62.0 Å². The average Bonchev–Trinajstić information content (AvgIpc) is 2.63. The largest absolute Gasteiger partial charge is 0.497 e. The van der Waals surface area contributed by atoms with Gasteiger partial charge in [0.05, 0.1) is 7.11 Å². The first-order chi connectivity index (χ1) is 11.7. The van der Waals surface area contributed by atoms with Gasteiger partial charge in [0.2, 0.25) is 0 Å². The lowest BCUT2D eigenvalue weighted by molar-refractivity contribution is 0.149. The number of hydrogen-bond donors (Lipinski definition) is 0. The van der Waals surface area contributed by atoms with Gasteiger partial charge in [-0.15, -0.1) is 0 Å². The van der Waals surface area contributed by atoms with E-state index in [9.17, 15) is 0 Å². The van der Waals surface area contributed by atoms with Crippen molar-refractivity contribution in [2.24, 2.45) is 5.92 Å². The first-order valence-electron chi connectivity index (χ1n) is 9.06. The Hall–Kier alpha value is -1.80. The highest BCUT2D eigenvalue weighted by atomic mass is 16.5. The predicted molar refractivity (Wildman–Crippen MR) is 101 cm³/mol. The van der Waals surface area contributed by atoms with Crippen LogP contribution < -0.4 is 4.74 Å². The zero-order chi connectivity index (χ0) is 16.9. The van der Waals surface area contributed by atoms with Crippen LogP contribution in [-0.2, 0) is 0 Å². The minimum absolute atomic E-state index is 0.471. The highest BCUT2D eigenvalue weighted by Gasteiger charge is 2.34. The summed E-state index contributed by atoms with van der Waals surface area (Å²) in [5.74, 6) is 2.22. The van der Waals surface area contributed by atoms with Crippen molar-refractivity contribution in [1.82, 2.24) is 4.90 Å². The molecule has 1 aliphatic carbocycles. The van der Waals surface area contributed by atoms with Gasteiger partial charge in [-0.1, -0.05) is 55.3 Å². The standard InChI is InChI=1S/C22H29NO/c1-23(2)22(18-9-5-4-6-10-18)21-12-8-7-11-20(21)17-13-15-19(24-3)16-14-17/h4-6,9-10,13-16,20-22H,7-8,11-12H2,1-3H3. The normalized spacial score (nSPS) is 22.3. The Morgan fingerprint density at radius 2 is 1.58 bits per heavy atom. The van der Waals surface area contributed by atoms with E-state index in [1.807, 2.05) is 0 Å². The van der Waals surface area contributed by atoms with E-state index in [1.54, 1.807) is 7.11 Å². The van der Waals surface area contributed by atoms with Gasteiger partial charge in [0, 0.05) is 6.04 Å². The number of ether oxygens (including phenoxy) is 1. The van der Waals surface area contributed by atoms with Crippen molar-refractivity contribution >= 4 is 0 Å². The van der Waals surface area contributed by atoms with E-state index in [-0.39, 0.29) is 0 Å². The SMILES string of the molecule is COc1ccc(C2CCCCC2C(c2ccccc2)N(C)C)cc1. The molecule has 0 N–H and O–H groups in total. The highest BCUT2D eigenvalue weighted by Crippen LogP contribution is 2.46. The van der Waals surface area contributed by atoms with Crippen molar-refractivity contribution < 1.29 is 4.74 Å². The molecule has 0 saturated heterocycles. The van der Waals surface area contributed by atoms with Crippen LogP contribution in [-0.4, -0.2) is 26.1 Å². The summed E-state index contributed by atoms with van der Waals surface area (Å²) in [6, 6.07) is 20.2. The summed E-state index contributed by atoms with van der Waals surface area (Å²) in [4.78, 5) is 2.40. The van der Waals surface area contributed by atoms with Gasteiger partial charge in [-0.2, -0.15) is 0 Å². The number of benzene rings is 2. The maximum atomic E-state index is 5.33. The average molecular weight is 323 g/mol. The summed E-state index contributed by atoms with van der Waals surface area (Å²) in [6.07, 6.45) is 5.26. The van der Waals surface area contributed by atoms with Crippen molar-refractivity contribution in [3.63, 3.8) is 0 Å². The molecular weight excluding hydrogens is 294 g/mol. The third kappa shape index (κ3) is 3.64. The molecule has 0 amide bonds. The number of nitrogens with zero attached hydrogens (tertiary/aromatic N) is 1. The molecule has 3 unspecified atom stereocenters. The maximum absolute atomic E-state index is 5.33. The molecule has 2 nitrogen and oxygen atoms in total. The van der Waals surface area contributed by atoms with Crippen molar-refractivity contribution in [3.05, 3.63) is 65.7 Å². The fourth-order valence-electron chi connectivity index (χ4n) is 4.38. The Kier molecular flexibility index (Phi) is 5.57. The zero-order valence-electron chi connectivity index (χ0n) is 15.1. The molecule has 0 spiro atoms. The molecule has 3 rings (SSSR count). The van der Waals surface area contributed by atoms with Crippen molar-refractivity contribution in [2.75, 3.05) is 21.2 Å². The smallest absolute Gasteiger partial charge is 0.118 e. The summed E-state index contributed by atoms with van der Waals surface area (Å²) in [5.41, 5.74) is 2.90. The van der Waals surface area contributed by atoms with E-state index in [4.69, 9.17) is 4.74 Å². The Balaban J connectivity index is 1.92. The molecular formula is C22H29NO. The van der Waals surface area contributed by atoms with Crippen molar-refractivity contribution in [1.29, 1.82) is 0 Å². The third-order valence-electron chi connectivity index (χ3n) is 5.47. The van der Waals surface area contributed by atoms with E-state index < -0.39 is 0 Å². The molecule has 1 saturated carbocycles. The van der Waals surface area contributed by atoms with Crippen LogP contribution in [0.2, 0.25) is 0 Å². The molecule has 2 heteroatoms. The molecule has 3 atom stereocenters. The van der Waals surface area contributed by atoms with Gasteiger partial charge in [0.15, 0.2) is 0 Å². The molecule has 0 bridgehead atoms. The van der Waals surface area contributed by atoms with Crippen molar-refractivity contribution in [2.45, 2.75) is 37.6 Å². The van der Waals surface area contributed by atoms with Crippen LogP contribution >= 0.6 is 0 Å². The molecule has 0 heterocycles. The van der Waals surface area contributed by atoms with E-state index in [0.29, 0.717) is 17.9 Å². The lowest BCUT2D eigenvalue weighted by Gasteiger charge is -2.41. The van der Waals surface area contributed by atoms with Crippen LogP contribution in [0.25, 0.3) is 0 Å². The topological polar surface area (TPSA) is 12.5 Å². The second-order valence-electron chi connectivity index (χ2n) is 7.15. The summed E-state index contributed by atoms with van der Waals surface area (Å²) < 4.78 is 5.33. The van der Waals surface area contributed by atoms with E-state index in [0.717, 1.165) is 5.75 Å². The van der Waals surface area contributed by atoms with Gasteiger partial charge in [-0.25, -0.2) is 0 Å². The van der Waals surface area contributed by atoms with Crippen LogP contribution in [0.1, 0.15) is 48.8 Å². The monoisotopic (exact) mass is 323 g/mol.